The summed E-state index contributed by atoms with van der Waals surface area (Å²) in [6, 6.07) is 0. The number of carbonyl (C=O) groups excluding carboxylic acids is 2. The summed E-state index contributed by atoms with van der Waals surface area (Å²) >= 11 is 0. The summed E-state index contributed by atoms with van der Waals surface area (Å²) in [6.07, 6.45) is 7.04. The monoisotopic (exact) mass is 268 g/mol. The van der Waals surface area contributed by atoms with Crippen LogP contribution < -0.4 is 0 Å². The van der Waals surface area contributed by atoms with E-state index in [9.17, 15) is 9.59 Å². The average Bonchev–Trinajstić information content (AvgIpc) is 3.10. The van der Waals surface area contributed by atoms with Crippen molar-refractivity contribution >= 4 is 11.9 Å². The maximum absolute atomic E-state index is 12.0. The molecule has 0 amide bonds. The summed E-state index contributed by atoms with van der Waals surface area (Å²) in [5.74, 6) is -0.304. The van der Waals surface area contributed by atoms with Crippen LogP contribution in [0, 0.1) is 11.3 Å². The molecule has 1 saturated carbocycles. The molecule has 0 heterocycles. The molecule has 0 aliphatic heterocycles. The van der Waals surface area contributed by atoms with E-state index in [1.54, 1.807) is 19.9 Å². The lowest BCUT2D eigenvalue weighted by Crippen LogP contribution is -2.20. The molecule has 2 atom stereocenters. The quantitative estimate of drug-likeness (QED) is 0.502. The lowest BCUT2D eigenvalue weighted by molar-refractivity contribution is -0.148. The van der Waals surface area contributed by atoms with Crippen LogP contribution in [0.2, 0.25) is 0 Å². The molecule has 1 aliphatic carbocycles. The van der Waals surface area contributed by atoms with E-state index in [1.807, 2.05) is 0 Å². The fourth-order valence-corrected chi connectivity index (χ4v) is 2.35. The van der Waals surface area contributed by atoms with Crippen molar-refractivity contribution in [1.82, 2.24) is 0 Å². The van der Waals surface area contributed by atoms with E-state index in [4.69, 9.17) is 9.47 Å². The van der Waals surface area contributed by atoms with E-state index in [0.29, 0.717) is 19.1 Å². The molecule has 0 radical (unpaired) electrons. The molecular weight excluding hydrogens is 244 g/mol. The number of rotatable bonds is 8. The third-order valence-corrected chi connectivity index (χ3v) is 3.52. The van der Waals surface area contributed by atoms with E-state index < -0.39 is 11.4 Å². The summed E-state index contributed by atoms with van der Waals surface area (Å²) in [6.45, 7) is 6.39. The van der Waals surface area contributed by atoms with Gasteiger partial charge in [-0.2, -0.15) is 0 Å². The third kappa shape index (κ3) is 4.08. The molecule has 0 aromatic heterocycles. The first-order chi connectivity index (χ1) is 9.10. The highest BCUT2D eigenvalue weighted by Gasteiger charge is 2.58. The van der Waals surface area contributed by atoms with Gasteiger partial charge >= 0.3 is 11.9 Å². The smallest absolute Gasteiger partial charge is 0.330 e. The Morgan fingerprint density at radius 3 is 2.47 bits per heavy atom. The molecule has 0 aromatic carbocycles. The standard InChI is InChI=1S/C15H24O4/c1-4-7-8-12-11-15(12,14(17)19-6-3)10-9-13(16)18-5-2/h9-10,12H,4-8,11H2,1-3H3/b10-9-. The van der Waals surface area contributed by atoms with Crippen LogP contribution in [0.3, 0.4) is 0 Å². The van der Waals surface area contributed by atoms with E-state index in [1.165, 1.54) is 6.08 Å². The fourth-order valence-electron chi connectivity index (χ4n) is 2.35. The van der Waals surface area contributed by atoms with Gasteiger partial charge in [0, 0.05) is 6.08 Å². The average molecular weight is 268 g/mol. The topological polar surface area (TPSA) is 52.6 Å². The summed E-state index contributed by atoms with van der Waals surface area (Å²) in [7, 11) is 0. The Kier molecular flexibility index (Phi) is 6.06. The van der Waals surface area contributed by atoms with Crippen molar-refractivity contribution in [1.29, 1.82) is 0 Å². The van der Waals surface area contributed by atoms with Crippen LogP contribution in [0.5, 0.6) is 0 Å². The zero-order valence-electron chi connectivity index (χ0n) is 12.1. The lowest BCUT2D eigenvalue weighted by atomic mass is 10.00. The molecule has 2 unspecified atom stereocenters. The van der Waals surface area contributed by atoms with Gasteiger partial charge in [0.05, 0.1) is 18.6 Å². The van der Waals surface area contributed by atoms with Crippen molar-refractivity contribution in [2.24, 2.45) is 11.3 Å². The van der Waals surface area contributed by atoms with Gasteiger partial charge in [-0.15, -0.1) is 0 Å². The van der Waals surface area contributed by atoms with Crippen molar-refractivity contribution in [3.8, 4) is 0 Å². The summed E-state index contributed by atoms with van der Waals surface area (Å²) < 4.78 is 9.97. The van der Waals surface area contributed by atoms with Crippen LogP contribution in [-0.2, 0) is 19.1 Å². The summed E-state index contributed by atoms with van der Waals surface area (Å²) in [5, 5.41) is 0. The Labute approximate surface area is 115 Å². The van der Waals surface area contributed by atoms with Gasteiger partial charge in [-0.05, 0) is 32.6 Å². The van der Waals surface area contributed by atoms with E-state index >= 15 is 0 Å². The molecule has 0 spiro atoms. The van der Waals surface area contributed by atoms with Crippen LogP contribution in [0.1, 0.15) is 46.5 Å². The van der Waals surface area contributed by atoms with Gasteiger partial charge in [0.25, 0.3) is 0 Å². The predicted molar refractivity (Wildman–Crippen MR) is 72.5 cm³/mol. The first-order valence-electron chi connectivity index (χ1n) is 7.13. The van der Waals surface area contributed by atoms with E-state index in [-0.39, 0.29) is 5.97 Å². The van der Waals surface area contributed by atoms with Gasteiger partial charge in [-0.1, -0.05) is 25.8 Å². The summed E-state index contributed by atoms with van der Waals surface area (Å²) in [4.78, 5) is 23.4. The molecule has 1 rings (SSSR count). The van der Waals surface area contributed by atoms with Gasteiger partial charge in [0.2, 0.25) is 0 Å². The second kappa shape index (κ2) is 7.31. The predicted octanol–water partition coefficient (Wildman–Crippen LogP) is 2.87. The zero-order valence-corrected chi connectivity index (χ0v) is 12.1. The highest BCUT2D eigenvalue weighted by molar-refractivity contribution is 5.87. The molecule has 0 aromatic rings. The van der Waals surface area contributed by atoms with Gasteiger partial charge < -0.3 is 9.47 Å². The minimum atomic E-state index is -0.585. The summed E-state index contributed by atoms with van der Waals surface area (Å²) in [5.41, 5.74) is -0.585. The van der Waals surface area contributed by atoms with Crippen LogP contribution in [0.4, 0.5) is 0 Å². The van der Waals surface area contributed by atoms with Crippen molar-refractivity contribution in [2.45, 2.75) is 46.5 Å². The minimum absolute atomic E-state index is 0.211. The molecule has 1 aliphatic rings. The molecule has 4 nitrogen and oxygen atoms in total. The number of unbranched alkanes of at least 4 members (excludes halogenated alkanes) is 1. The molecule has 0 bridgehead atoms. The number of carbonyl (C=O) groups is 2. The van der Waals surface area contributed by atoms with Gasteiger partial charge in [0.15, 0.2) is 0 Å². The van der Waals surface area contributed by atoms with Crippen LogP contribution in [-0.4, -0.2) is 25.2 Å². The first kappa shape index (κ1) is 15.7. The van der Waals surface area contributed by atoms with E-state index in [2.05, 4.69) is 6.92 Å². The Hall–Kier alpha value is -1.32. The van der Waals surface area contributed by atoms with Crippen molar-refractivity contribution < 1.29 is 19.1 Å². The van der Waals surface area contributed by atoms with Crippen LogP contribution in [0.25, 0.3) is 0 Å². The van der Waals surface area contributed by atoms with Crippen LogP contribution >= 0.6 is 0 Å². The molecule has 108 valence electrons. The maximum Gasteiger partial charge on any atom is 0.330 e. The Balaban J connectivity index is 2.67. The minimum Gasteiger partial charge on any atom is -0.465 e. The zero-order chi connectivity index (χ0) is 14.3. The number of hydrogen-bond donors (Lipinski definition) is 0. The maximum atomic E-state index is 12.0. The van der Waals surface area contributed by atoms with Gasteiger partial charge in [-0.25, -0.2) is 4.79 Å². The van der Waals surface area contributed by atoms with Crippen molar-refractivity contribution in [2.75, 3.05) is 13.2 Å². The second-order valence-corrected chi connectivity index (χ2v) is 4.89. The molecule has 4 heteroatoms. The second-order valence-electron chi connectivity index (χ2n) is 4.89. The Morgan fingerprint density at radius 1 is 1.21 bits per heavy atom. The first-order valence-corrected chi connectivity index (χ1v) is 7.13. The van der Waals surface area contributed by atoms with Gasteiger partial charge in [-0.3, -0.25) is 4.79 Å². The van der Waals surface area contributed by atoms with Crippen molar-refractivity contribution in [3.05, 3.63) is 12.2 Å². The van der Waals surface area contributed by atoms with E-state index in [0.717, 1.165) is 25.7 Å². The number of ether oxygens (including phenoxy) is 2. The molecule has 0 N–H and O–H groups in total. The normalized spacial score (nSPS) is 25.3. The van der Waals surface area contributed by atoms with Crippen molar-refractivity contribution in [3.63, 3.8) is 0 Å². The van der Waals surface area contributed by atoms with Gasteiger partial charge in [0.1, 0.15) is 0 Å². The number of hydrogen-bond acceptors (Lipinski definition) is 4. The number of esters is 2. The molecule has 1 fully saturated rings. The Morgan fingerprint density at radius 2 is 1.89 bits per heavy atom. The highest BCUT2D eigenvalue weighted by Crippen LogP contribution is 2.57. The highest BCUT2D eigenvalue weighted by atomic mass is 16.5. The molecular formula is C15H24O4. The molecule has 0 saturated heterocycles. The fraction of sp³-hybridized carbons (Fsp3) is 0.733. The Bertz CT molecular complexity index is 348. The van der Waals surface area contributed by atoms with Crippen LogP contribution in [0.15, 0.2) is 12.2 Å². The largest absolute Gasteiger partial charge is 0.465 e. The SMILES string of the molecule is CCCCC1CC1(/C=C\C(=O)OCC)C(=O)OCC. The lowest BCUT2D eigenvalue weighted by Gasteiger charge is -2.11. The third-order valence-electron chi connectivity index (χ3n) is 3.52. The molecule has 19 heavy (non-hydrogen) atoms.